The topological polar surface area (TPSA) is 69.6 Å². The molecule has 98 valence electrons. The summed E-state index contributed by atoms with van der Waals surface area (Å²) >= 11 is 0. The van der Waals surface area contributed by atoms with E-state index in [4.69, 9.17) is 5.11 Å². The summed E-state index contributed by atoms with van der Waals surface area (Å²) in [5.41, 5.74) is -0.687. The summed E-state index contributed by atoms with van der Waals surface area (Å²) in [6.45, 7) is 8.18. The summed E-state index contributed by atoms with van der Waals surface area (Å²) in [6, 6.07) is 0.0727. The second-order valence-electron chi connectivity index (χ2n) is 5.26. The number of aliphatic carboxylic acids is 1. The lowest BCUT2D eigenvalue weighted by Crippen LogP contribution is -2.53. The minimum Gasteiger partial charge on any atom is -0.481 e. The van der Waals surface area contributed by atoms with Crippen molar-refractivity contribution in [1.82, 2.24) is 10.2 Å². The molecule has 0 aliphatic carbocycles. The number of amides is 1. The summed E-state index contributed by atoms with van der Waals surface area (Å²) < 4.78 is 0. The first-order valence-electron chi connectivity index (χ1n) is 6.08. The second kappa shape index (κ2) is 5.04. The molecule has 0 spiro atoms. The van der Waals surface area contributed by atoms with Crippen LogP contribution in [0, 0.1) is 5.92 Å². The Morgan fingerprint density at radius 2 is 2.24 bits per heavy atom. The third-order valence-electron chi connectivity index (χ3n) is 3.48. The van der Waals surface area contributed by atoms with Crippen molar-refractivity contribution >= 4 is 11.9 Å². The number of hydrogen-bond donors (Lipinski definition) is 2. The molecule has 2 unspecified atom stereocenters. The van der Waals surface area contributed by atoms with E-state index in [1.165, 1.54) is 0 Å². The Bertz CT molecular complexity index is 315. The maximum atomic E-state index is 12.3. The van der Waals surface area contributed by atoms with E-state index in [1.54, 1.807) is 18.7 Å². The number of nitrogens with one attached hydrogen (secondary N) is 1. The van der Waals surface area contributed by atoms with Crippen molar-refractivity contribution in [3.63, 3.8) is 0 Å². The summed E-state index contributed by atoms with van der Waals surface area (Å²) in [7, 11) is 0. The molecule has 1 amide bonds. The molecule has 0 bridgehead atoms. The van der Waals surface area contributed by atoms with Crippen molar-refractivity contribution < 1.29 is 14.7 Å². The van der Waals surface area contributed by atoms with Crippen LogP contribution < -0.4 is 5.32 Å². The van der Waals surface area contributed by atoms with E-state index in [-0.39, 0.29) is 11.9 Å². The fourth-order valence-corrected chi connectivity index (χ4v) is 1.96. The van der Waals surface area contributed by atoms with Crippen LogP contribution in [0.15, 0.2) is 0 Å². The van der Waals surface area contributed by atoms with Crippen LogP contribution in [0.3, 0.4) is 0 Å². The van der Waals surface area contributed by atoms with Crippen LogP contribution in [0.4, 0.5) is 0 Å². The van der Waals surface area contributed by atoms with E-state index >= 15 is 0 Å². The molecule has 1 rings (SSSR count). The van der Waals surface area contributed by atoms with Crippen molar-refractivity contribution in [2.45, 2.75) is 45.7 Å². The Kier molecular flexibility index (Phi) is 4.14. The van der Waals surface area contributed by atoms with Crippen LogP contribution in [-0.4, -0.2) is 46.6 Å². The SMILES string of the molecule is CCC(C)N1CC(C(=O)O)CNC(C)(C)C1=O. The van der Waals surface area contributed by atoms with Crippen molar-refractivity contribution in [2.24, 2.45) is 5.92 Å². The number of carbonyl (C=O) groups excluding carboxylic acids is 1. The average molecular weight is 242 g/mol. The first kappa shape index (κ1) is 14.0. The van der Waals surface area contributed by atoms with Gasteiger partial charge >= 0.3 is 5.97 Å². The molecule has 5 nitrogen and oxygen atoms in total. The maximum absolute atomic E-state index is 12.3. The fourth-order valence-electron chi connectivity index (χ4n) is 1.96. The molecule has 0 aromatic heterocycles. The van der Waals surface area contributed by atoms with Crippen LogP contribution in [0.25, 0.3) is 0 Å². The number of nitrogens with zero attached hydrogens (tertiary/aromatic N) is 1. The third kappa shape index (κ3) is 2.97. The molecule has 0 radical (unpaired) electrons. The molecule has 1 aliphatic rings. The summed E-state index contributed by atoms with van der Waals surface area (Å²) in [5.74, 6) is -1.40. The molecule has 2 atom stereocenters. The average Bonchev–Trinajstić information content (AvgIpc) is 2.37. The van der Waals surface area contributed by atoms with E-state index in [0.717, 1.165) is 6.42 Å². The Labute approximate surface area is 102 Å². The summed E-state index contributed by atoms with van der Waals surface area (Å²) in [5, 5.41) is 12.2. The number of carbonyl (C=O) groups is 2. The molecule has 1 saturated heterocycles. The van der Waals surface area contributed by atoms with Crippen LogP contribution in [0.1, 0.15) is 34.1 Å². The Balaban J connectivity index is 2.97. The smallest absolute Gasteiger partial charge is 0.309 e. The van der Waals surface area contributed by atoms with Gasteiger partial charge in [0.05, 0.1) is 11.5 Å². The molecule has 0 aromatic rings. The maximum Gasteiger partial charge on any atom is 0.309 e. The first-order chi connectivity index (χ1) is 7.79. The fraction of sp³-hybridized carbons (Fsp3) is 0.833. The zero-order chi connectivity index (χ0) is 13.2. The lowest BCUT2D eigenvalue weighted by molar-refractivity contribution is -0.143. The standard InChI is InChI=1S/C12H22N2O3/c1-5-8(2)14-7-9(10(15)16)6-13-12(3,4)11(14)17/h8-9,13H,5-7H2,1-4H3,(H,15,16). The monoisotopic (exact) mass is 242 g/mol. The van der Waals surface area contributed by atoms with Crippen molar-refractivity contribution in [2.75, 3.05) is 13.1 Å². The van der Waals surface area contributed by atoms with Gasteiger partial charge in [0.1, 0.15) is 0 Å². The van der Waals surface area contributed by atoms with Gasteiger partial charge in [-0.25, -0.2) is 0 Å². The van der Waals surface area contributed by atoms with Crippen LogP contribution in [-0.2, 0) is 9.59 Å². The zero-order valence-electron chi connectivity index (χ0n) is 11.0. The molecule has 17 heavy (non-hydrogen) atoms. The van der Waals surface area contributed by atoms with Crippen molar-refractivity contribution in [1.29, 1.82) is 0 Å². The molecule has 1 heterocycles. The normalized spacial score (nSPS) is 26.5. The quantitative estimate of drug-likeness (QED) is 0.764. The minimum absolute atomic E-state index is 0.0180. The van der Waals surface area contributed by atoms with Gasteiger partial charge in [-0.1, -0.05) is 6.92 Å². The summed E-state index contributed by atoms with van der Waals surface area (Å²) in [4.78, 5) is 25.1. The van der Waals surface area contributed by atoms with Gasteiger partial charge < -0.3 is 15.3 Å². The van der Waals surface area contributed by atoms with Gasteiger partial charge in [-0.2, -0.15) is 0 Å². The van der Waals surface area contributed by atoms with Crippen LogP contribution >= 0.6 is 0 Å². The second-order valence-corrected chi connectivity index (χ2v) is 5.26. The number of carboxylic acids is 1. The minimum atomic E-state index is -0.851. The summed E-state index contributed by atoms with van der Waals surface area (Å²) in [6.07, 6.45) is 0.828. The lowest BCUT2D eigenvalue weighted by atomic mass is 10.0. The molecule has 2 N–H and O–H groups in total. The number of carboxylic acid groups (broad SMARTS) is 1. The van der Waals surface area contributed by atoms with E-state index in [0.29, 0.717) is 13.1 Å². The largest absolute Gasteiger partial charge is 0.481 e. The van der Waals surface area contributed by atoms with E-state index < -0.39 is 17.4 Å². The Hall–Kier alpha value is -1.10. The molecule has 1 aliphatic heterocycles. The van der Waals surface area contributed by atoms with Gasteiger partial charge in [-0.05, 0) is 27.2 Å². The van der Waals surface area contributed by atoms with Gasteiger partial charge in [0.2, 0.25) is 5.91 Å². The molecular weight excluding hydrogens is 220 g/mol. The molecule has 0 saturated carbocycles. The van der Waals surface area contributed by atoms with Crippen molar-refractivity contribution in [3.05, 3.63) is 0 Å². The number of hydrogen-bond acceptors (Lipinski definition) is 3. The lowest BCUT2D eigenvalue weighted by Gasteiger charge is -2.33. The Morgan fingerprint density at radius 3 is 2.71 bits per heavy atom. The highest BCUT2D eigenvalue weighted by atomic mass is 16.4. The van der Waals surface area contributed by atoms with Crippen molar-refractivity contribution in [3.8, 4) is 0 Å². The van der Waals surface area contributed by atoms with Crippen LogP contribution in [0.2, 0.25) is 0 Å². The van der Waals surface area contributed by atoms with Crippen LogP contribution in [0.5, 0.6) is 0 Å². The highest BCUT2D eigenvalue weighted by molar-refractivity contribution is 5.87. The van der Waals surface area contributed by atoms with E-state index in [1.807, 2.05) is 13.8 Å². The highest BCUT2D eigenvalue weighted by Gasteiger charge is 2.39. The molecule has 1 fully saturated rings. The molecular formula is C12H22N2O3. The first-order valence-corrected chi connectivity index (χ1v) is 6.08. The predicted molar refractivity (Wildman–Crippen MR) is 64.7 cm³/mol. The molecule has 5 heteroatoms. The molecule has 0 aromatic carbocycles. The van der Waals surface area contributed by atoms with E-state index in [2.05, 4.69) is 5.32 Å². The van der Waals surface area contributed by atoms with E-state index in [9.17, 15) is 9.59 Å². The third-order valence-corrected chi connectivity index (χ3v) is 3.48. The van der Waals surface area contributed by atoms with Gasteiger partial charge in [0, 0.05) is 19.1 Å². The number of rotatable bonds is 3. The predicted octanol–water partition coefficient (Wildman–Crippen LogP) is 0.696. The van der Waals surface area contributed by atoms with Gasteiger partial charge in [0.25, 0.3) is 0 Å². The van der Waals surface area contributed by atoms with Gasteiger partial charge in [0.15, 0.2) is 0 Å². The zero-order valence-corrected chi connectivity index (χ0v) is 11.0. The van der Waals surface area contributed by atoms with Gasteiger partial charge in [-0.15, -0.1) is 0 Å². The van der Waals surface area contributed by atoms with Gasteiger partial charge in [-0.3, -0.25) is 9.59 Å². The highest BCUT2D eigenvalue weighted by Crippen LogP contribution is 2.19. The Morgan fingerprint density at radius 1 is 1.65 bits per heavy atom.